The number of nitrogens with zero attached hydrogens (tertiary/aromatic N) is 4. The van der Waals surface area contributed by atoms with Crippen molar-refractivity contribution in [3.8, 4) is 11.4 Å². The van der Waals surface area contributed by atoms with Crippen molar-refractivity contribution in [2.24, 2.45) is 0 Å². The zero-order chi connectivity index (χ0) is 15.6. The molecule has 21 heavy (non-hydrogen) atoms. The number of nitro groups is 1. The monoisotopic (exact) mass is 297 g/mol. The van der Waals surface area contributed by atoms with Crippen molar-refractivity contribution in [1.82, 2.24) is 14.8 Å². The summed E-state index contributed by atoms with van der Waals surface area (Å²) in [6.07, 6.45) is 0. The lowest BCUT2D eigenvalue weighted by Crippen LogP contribution is -2.08. The Morgan fingerprint density at radius 1 is 1.33 bits per heavy atom. The van der Waals surface area contributed by atoms with E-state index in [-0.39, 0.29) is 5.82 Å². The lowest BCUT2D eigenvalue weighted by molar-refractivity contribution is -0.387. The normalized spacial score (nSPS) is 10.7. The molecule has 0 bridgehead atoms. The van der Waals surface area contributed by atoms with Gasteiger partial charge in [0.05, 0.1) is 10.5 Å². The number of hydrogen-bond acceptors (Lipinski definition) is 5. The van der Waals surface area contributed by atoms with Crippen LogP contribution in [0.1, 0.15) is 13.8 Å². The summed E-state index contributed by atoms with van der Waals surface area (Å²) < 4.78 is 29.6. The van der Waals surface area contributed by atoms with E-state index in [0.717, 1.165) is 12.1 Å². The number of anilines is 1. The van der Waals surface area contributed by atoms with Crippen LogP contribution in [0, 0.1) is 21.7 Å². The second-order valence-corrected chi connectivity index (χ2v) is 4.13. The standard InChI is InChI=1S/C12H13F2N5O2/c1-3-15-12-17-16-11(18(12)4-2)9-7(13)5-6-8(10(9)14)19(20)21/h5-6H,3-4H2,1-2H3,(H,15,17). The Labute approximate surface area is 118 Å². The first kappa shape index (κ1) is 14.8. The Bertz CT molecular complexity index is 687. The molecule has 1 aromatic heterocycles. The van der Waals surface area contributed by atoms with Crippen LogP contribution < -0.4 is 5.32 Å². The molecule has 1 aromatic carbocycles. The lowest BCUT2D eigenvalue weighted by atomic mass is 10.1. The van der Waals surface area contributed by atoms with Crippen LogP contribution in [0.2, 0.25) is 0 Å². The predicted octanol–water partition coefficient (Wildman–Crippen LogP) is 2.58. The van der Waals surface area contributed by atoms with E-state index < -0.39 is 27.8 Å². The molecule has 0 unspecified atom stereocenters. The predicted molar refractivity (Wildman–Crippen MR) is 71.9 cm³/mol. The maximum Gasteiger partial charge on any atom is 0.305 e. The van der Waals surface area contributed by atoms with Gasteiger partial charge in [0.1, 0.15) is 5.82 Å². The van der Waals surface area contributed by atoms with E-state index in [4.69, 9.17) is 0 Å². The molecule has 0 fully saturated rings. The maximum absolute atomic E-state index is 14.2. The number of rotatable bonds is 5. The van der Waals surface area contributed by atoms with Crippen LogP contribution in [0.4, 0.5) is 20.4 Å². The highest BCUT2D eigenvalue weighted by atomic mass is 19.1. The summed E-state index contributed by atoms with van der Waals surface area (Å²) in [5.74, 6) is -1.93. The van der Waals surface area contributed by atoms with Gasteiger partial charge in [-0.25, -0.2) is 4.39 Å². The van der Waals surface area contributed by atoms with Crippen molar-refractivity contribution in [2.75, 3.05) is 11.9 Å². The first-order valence-electron chi connectivity index (χ1n) is 6.31. The Morgan fingerprint density at radius 3 is 2.62 bits per heavy atom. The Morgan fingerprint density at radius 2 is 2.05 bits per heavy atom. The molecule has 9 heteroatoms. The summed E-state index contributed by atoms with van der Waals surface area (Å²) in [5, 5.41) is 21.2. The number of hydrogen-bond donors (Lipinski definition) is 1. The van der Waals surface area contributed by atoms with Gasteiger partial charge in [0, 0.05) is 19.2 Å². The molecule has 0 amide bonds. The fraction of sp³-hybridized carbons (Fsp3) is 0.333. The van der Waals surface area contributed by atoms with E-state index in [1.54, 1.807) is 6.92 Å². The topological polar surface area (TPSA) is 85.9 Å². The third-order valence-corrected chi connectivity index (χ3v) is 2.89. The van der Waals surface area contributed by atoms with Gasteiger partial charge >= 0.3 is 5.69 Å². The summed E-state index contributed by atoms with van der Waals surface area (Å²) in [4.78, 5) is 9.86. The molecule has 0 saturated carbocycles. The molecule has 1 heterocycles. The van der Waals surface area contributed by atoms with Crippen molar-refractivity contribution in [1.29, 1.82) is 0 Å². The lowest BCUT2D eigenvalue weighted by Gasteiger charge is -2.09. The molecule has 112 valence electrons. The van der Waals surface area contributed by atoms with Gasteiger partial charge in [-0.05, 0) is 19.9 Å². The minimum Gasteiger partial charge on any atom is -0.355 e. The van der Waals surface area contributed by atoms with Crippen molar-refractivity contribution in [3.63, 3.8) is 0 Å². The molecule has 0 aliphatic heterocycles. The first-order chi connectivity index (χ1) is 10.0. The Kier molecular flexibility index (Phi) is 4.10. The molecule has 0 aliphatic rings. The van der Waals surface area contributed by atoms with Crippen LogP contribution in [0.5, 0.6) is 0 Å². The molecule has 0 spiro atoms. The van der Waals surface area contributed by atoms with E-state index in [0.29, 0.717) is 19.0 Å². The molecule has 2 aromatic rings. The Hall–Kier alpha value is -2.58. The van der Waals surface area contributed by atoms with Crippen LogP contribution >= 0.6 is 0 Å². The first-order valence-corrected chi connectivity index (χ1v) is 6.31. The fourth-order valence-corrected chi connectivity index (χ4v) is 1.96. The van der Waals surface area contributed by atoms with Gasteiger partial charge in [-0.1, -0.05) is 0 Å². The highest BCUT2D eigenvalue weighted by molar-refractivity contribution is 5.63. The highest BCUT2D eigenvalue weighted by Crippen LogP contribution is 2.31. The largest absolute Gasteiger partial charge is 0.355 e. The fourth-order valence-electron chi connectivity index (χ4n) is 1.96. The van der Waals surface area contributed by atoms with E-state index in [1.807, 2.05) is 6.92 Å². The van der Waals surface area contributed by atoms with E-state index in [1.165, 1.54) is 4.57 Å². The smallest absolute Gasteiger partial charge is 0.305 e. The van der Waals surface area contributed by atoms with Gasteiger partial charge in [0.15, 0.2) is 5.82 Å². The van der Waals surface area contributed by atoms with Crippen LogP contribution in [-0.2, 0) is 6.54 Å². The molecular formula is C12H13F2N5O2. The van der Waals surface area contributed by atoms with Crippen LogP contribution in [0.25, 0.3) is 11.4 Å². The average Bonchev–Trinajstić information content (AvgIpc) is 2.81. The summed E-state index contributed by atoms with van der Waals surface area (Å²) in [6.45, 7) is 4.49. The van der Waals surface area contributed by atoms with Gasteiger partial charge in [0.25, 0.3) is 0 Å². The van der Waals surface area contributed by atoms with Gasteiger partial charge < -0.3 is 5.32 Å². The summed E-state index contributed by atoms with van der Waals surface area (Å²) >= 11 is 0. The molecule has 0 saturated heterocycles. The van der Waals surface area contributed by atoms with Crippen molar-refractivity contribution < 1.29 is 13.7 Å². The molecule has 7 nitrogen and oxygen atoms in total. The number of benzene rings is 1. The van der Waals surface area contributed by atoms with Crippen molar-refractivity contribution in [3.05, 3.63) is 33.9 Å². The maximum atomic E-state index is 14.2. The van der Waals surface area contributed by atoms with Crippen LogP contribution in [-0.4, -0.2) is 26.2 Å². The number of nitro benzene ring substituents is 1. The average molecular weight is 297 g/mol. The van der Waals surface area contributed by atoms with E-state index in [9.17, 15) is 18.9 Å². The minimum absolute atomic E-state index is 0.0906. The quantitative estimate of drug-likeness (QED) is 0.677. The number of nitrogens with one attached hydrogen (secondary N) is 1. The van der Waals surface area contributed by atoms with Crippen molar-refractivity contribution >= 4 is 11.6 Å². The SMILES string of the molecule is CCNc1nnc(-c2c(F)ccc([N+](=O)[O-])c2F)n1CC. The molecule has 0 radical (unpaired) electrons. The number of halogens is 2. The van der Waals surface area contributed by atoms with Gasteiger partial charge in [-0.15, -0.1) is 10.2 Å². The summed E-state index contributed by atoms with van der Waals surface area (Å²) in [6, 6.07) is 1.63. The molecule has 1 N–H and O–H groups in total. The molecule has 0 aliphatic carbocycles. The number of aromatic nitrogens is 3. The molecule has 2 rings (SSSR count). The minimum atomic E-state index is -1.26. The summed E-state index contributed by atoms with van der Waals surface area (Å²) in [7, 11) is 0. The van der Waals surface area contributed by atoms with Crippen molar-refractivity contribution in [2.45, 2.75) is 20.4 Å². The zero-order valence-corrected chi connectivity index (χ0v) is 11.4. The Balaban J connectivity index is 2.67. The zero-order valence-electron chi connectivity index (χ0n) is 11.4. The van der Waals surface area contributed by atoms with E-state index in [2.05, 4.69) is 15.5 Å². The summed E-state index contributed by atoms with van der Waals surface area (Å²) in [5.41, 5.74) is -1.36. The van der Waals surface area contributed by atoms with Gasteiger partial charge in [-0.3, -0.25) is 14.7 Å². The van der Waals surface area contributed by atoms with E-state index >= 15 is 0 Å². The second-order valence-electron chi connectivity index (χ2n) is 4.13. The third kappa shape index (κ3) is 2.54. The second kappa shape index (κ2) is 5.81. The third-order valence-electron chi connectivity index (χ3n) is 2.89. The van der Waals surface area contributed by atoms with Gasteiger partial charge in [0.2, 0.25) is 11.8 Å². The van der Waals surface area contributed by atoms with Crippen LogP contribution in [0.3, 0.4) is 0 Å². The van der Waals surface area contributed by atoms with Gasteiger partial charge in [-0.2, -0.15) is 4.39 Å². The van der Waals surface area contributed by atoms with Crippen LogP contribution in [0.15, 0.2) is 12.1 Å². The molecular weight excluding hydrogens is 284 g/mol. The highest BCUT2D eigenvalue weighted by Gasteiger charge is 2.26. The molecule has 0 atom stereocenters.